The molecule has 0 aliphatic carbocycles. The Kier molecular flexibility index (Phi) is 6.84. The molecule has 10 nitrogen and oxygen atoms in total. The number of nitrogens with zero attached hydrogens (tertiary/aromatic N) is 5. The van der Waals surface area contributed by atoms with Gasteiger partial charge in [0.15, 0.2) is 9.84 Å². The first-order valence-electron chi connectivity index (χ1n) is 9.91. The summed E-state index contributed by atoms with van der Waals surface area (Å²) in [6.07, 6.45) is -0.227. The number of morpholine rings is 1. The molecular formula is C20H24FN5O5S. The van der Waals surface area contributed by atoms with E-state index in [-0.39, 0.29) is 29.5 Å². The van der Waals surface area contributed by atoms with Crippen molar-refractivity contribution in [3.05, 3.63) is 51.7 Å². The minimum absolute atomic E-state index is 0.00190. The van der Waals surface area contributed by atoms with Gasteiger partial charge in [-0.05, 0) is 39.6 Å². The largest absolute Gasteiger partial charge is 0.375 e. The molecule has 0 bridgehead atoms. The molecule has 1 fully saturated rings. The number of halogens is 1. The second-order valence-corrected chi connectivity index (χ2v) is 9.56. The monoisotopic (exact) mass is 465 g/mol. The number of aromatic nitrogens is 2. The van der Waals surface area contributed by atoms with Crippen LogP contribution in [0.15, 0.2) is 34.2 Å². The Morgan fingerprint density at radius 3 is 2.69 bits per heavy atom. The van der Waals surface area contributed by atoms with Crippen LogP contribution in [0, 0.1) is 22.9 Å². The number of sulfone groups is 1. The average Bonchev–Trinajstić information content (AvgIpc) is 2.73. The fraction of sp³-hybridized carbons (Fsp3) is 0.450. The maximum absolute atomic E-state index is 14.4. The van der Waals surface area contributed by atoms with Gasteiger partial charge in [0.25, 0.3) is 0 Å². The van der Waals surface area contributed by atoms with Gasteiger partial charge in [-0.3, -0.25) is 15.1 Å². The maximum atomic E-state index is 14.4. The number of anilines is 1. The number of rotatable bonds is 7. The normalized spacial score (nSPS) is 20.1. The molecule has 2 aromatic rings. The van der Waals surface area contributed by atoms with Crippen LogP contribution in [0.4, 0.5) is 15.9 Å². The lowest BCUT2D eigenvalue weighted by molar-refractivity contribution is -0.385. The van der Waals surface area contributed by atoms with Crippen LogP contribution < -0.4 is 4.90 Å². The van der Waals surface area contributed by atoms with Gasteiger partial charge in [0.2, 0.25) is 5.82 Å². The molecule has 0 N–H and O–H groups in total. The second kappa shape index (κ2) is 9.25. The zero-order chi connectivity index (χ0) is 23.6. The minimum atomic E-state index is -4.44. The molecule has 1 aromatic heterocycles. The van der Waals surface area contributed by atoms with E-state index in [1.807, 2.05) is 13.8 Å². The standard InChI is InChI=1S/C20H24FN5O5S/c1-12-13(2)31-10-9-25(12)20-19(26(27)28)18(23-14(3)24-20)17(11-22-4)32(29,30)16-8-6-5-7-15(16)21/h5-8,12-13,17H,4,9-11H2,1-3H3/t12-,13-,17?/m1/s1. The van der Waals surface area contributed by atoms with E-state index in [0.29, 0.717) is 13.2 Å². The molecule has 1 saturated heterocycles. The molecule has 1 aliphatic rings. The van der Waals surface area contributed by atoms with Crippen molar-refractivity contribution < 1.29 is 22.5 Å². The highest BCUT2D eigenvalue weighted by molar-refractivity contribution is 7.91. The SMILES string of the molecule is C=NCC(c1nc(C)nc(N2CCO[C@H](C)[C@H]2C)c1[N+](=O)[O-])S(=O)(=O)c1ccccc1F. The lowest BCUT2D eigenvalue weighted by Gasteiger charge is -2.38. The van der Waals surface area contributed by atoms with E-state index >= 15 is 0 Å². The molecule has 3 rings (SSSR count). The van der Waals surface area contributed by atoms with Crippen LogP contribution >= 0.6 is 0 Å². The third-order valence-corrected chi connectivity index (χ3v) is 7.53. The van der Waals surface area contributed by atoms with Crippen LogP contribution in [0.5, 0.6) is 0 Å². The molecular weight excluding hydrogens is 441 g/mol. The molecule has 1 unspecified atom stereocenters. The Balaban J connectivity index is 2.27. The van der Waals surface area contributed by atoms with Crippen LogP contribution in [0.25, 0.3) is 0 Å². The van der Waals surface area contributed by atoms with Gasteiger partial charge in [-0.25, -0.2) is 22.8 Å². The van der Waals surface area contributed by atoms with E-state index in [9.17, 15) is 22.9 Å². The Morgan fingerprint density at radius 1 is 1.38 bits per heavy atom. The molecule has 172 valence electrons. The number of hydrogen-bond acceptors (Lipinski definition) is 9. The number of nitro groups is 1. The molecule has 2 heterocycles. The topological polar surface area (TPSA) is 128 Å². The summed E-state index contributed by atoms with van der Waals surface area (Å²) < 4.78 is 46.8. The summed E-state index contributed by atoms with van der Waals surface area (Å²) in [5.74, 6) is -0.825. The second-order valence-electron chi connectivity index (χ2n) is 7.47. The van der Waals surface area contributed by atoms with Gasteiger partial charge < -0.3 is 9.64 Å². The summed E-state index contributed by atoms with van der Waals surface area (Å²) >= 11 is 0. The first-order valence-corrected chi connectivity index (χ1v) is 11.5. The summed E-state index contributed by atoms with van der Waals surface area (Å²) in [5.41, 5.74) is -0.899. The fourth-order valence-corrected chi connectivity index (χ4v) is 5.36. The van der Waals surface area contributed by atoms with E-state index in [2.05, 4.69) is 21.7 Å². The van der Waals surface area contributed by atoms with Crippen molar-refractivity contribution in [1.29, 1.82) is 0 Å². The van der Waals surface area contributed by atoms with Crippen molar-refractivity contribution in [1.82, 2.24) is 9.97 Å². The highest BCUT2D eigenvalue weighted by atomic mass is 32.2. The van der Waals surface area contributed by atoms with Gasteiger partial charge in [-0.2, -0.15) is 0 Å². The highest BCUT2D eigenvalue weighted by Gasteiger charge is 2.41. The molecule has 32 heavy (non-hydrogen) atoms. The van der Waals surface area contributed by atoms with Gasteiger partial charge in [0.1, 0.15) is 27.5 Å². The number of ether oxygens (including phenoxy) is 1. The van der Waals surface area contributed by atoms with Gasteiger partial charge in [-0.15, -0.1) is 0 Å². The molecule has 0 spiro atoms. The Labute approximate surface area is 185 Å². The predicted octanol–water partition coefficient (Wildman–Crippen LogP) is 2.66. The van der Waals surface area contributed by atoms with E-state index in [0.717, 1.165) is 12.1 Å². The Bertz CT molecular complexity index is 1140. The third kappa shape index (κ3) is 4.32. The quantitative estimate of drug-likeness (QED) is 0.347. The number of benzene rings is 1. The predicted molar refractivity (Wildman–Crippen MR) is 116 cm³/mol. The summed E-state index contributed by atoms with van der Waals surface area (Å²) in [4.78, 5) is 24.7. The smallest absolute Gasteiger partial charge is 0.334 e. The van der Waals surface area contributed by atoms with Crippen molar-refractivity contribution in [2.24, 2.45) is 4.99 Å². The molecule has 1 aliphatic heterocycles. The van der Waals surface area contributed by atoms with Gasteiger partial charge in [0, 0.05) is 6.54 Å². The zero-order valence-corrected chi connectivity index (χ0v) is 18.7. The van der Waals surface area contributed by atoms with Gasteiger partial charge in [-0.1, -0.05) is 12.1 Å². The van der Waals surface area contributed by atoms with Crippen molar-refractivity contribution in [2.45, 2.75) is 43.1 Å². The fourth-order valence-electron chi connectivity index (χ4n) is 3.68. The maximum Gasteiger partial charge on any atom is 0.334 e. The molecule has 1 aromatic carbocycles. The highest BCUT2D eigenvalue weighted by Crippen LogP contribution is 2.40. The van der Waals surface area contributed by atoms with Gasteiger partial charge in [0.05, 0.1) is 30.2 Å². The van der Waals surface area contributed by atoms with Crippen molar-refractivity contribution in [2.75, 3.05) is 24.6 Å². The van der Waals surface area contributed by atoms with Crippen LogP contribution in [0.1, 0.15) is 30.6 Å². The van der Waals surface area contributed by atoms with Crippen molar-refractivity contribution in [3.63, 3.8) is 0 Å². The minimum Gasteiger partial charge on any atom is -0.375 e. The number of aliphatic imine (C=N–C) groups is 1. The lowest BCUT2D eigenvalue weighted by Crippen LogP contribution is -2.49. The van der Waals surface area contributed by atoms with E-state index in [1.54, 1.807) is 4.90 Å². The van der Waals surface area contributed by atoms with Crippen molar-refractivity contribution in [3.8, 4) is 0 Å². The molecule has 0 radical (unpaired) electrons. The Hall–Kier alpha value is -2.99. The van der Waals surface area contributed by atoms with Crippen LogP contribution in [0.3, 0.4) is 0 Å². The van der Waals surface area contributed by atoms with Crippen molar-refractivity contribution >= 4 is 28.1 Å². The molecule has 12 heteroatoms. The van der Waals surface area contributed by atoms with Crippen LogP contribution in [0.2, 0.25) is 0 Å². The molecule has 0 saturated carbocycles. The molecule has 3 atom stereocenters. The van der Waals surface area contributed by atoms with Crippen LogP contribution in [-0.2, 0) is 14.6 Å². The third-order valence-electron chi connectivity index (χ3n) is 5.46. The zero-order valence-electron chi connectivity index (χ0n) is 17.9. The van der Waals surface area contributed by atoms with Gasteiger partial charge >= 0.3 is 5.69 Å². The van der Waals surface area contributed by atoms with E-state index in [1.165, 1.54) is 19.1 Å². The average molecular weight is 466 g/mol. The summed E-state index contributed by atoms with van der Waals surface area (Å²) in [7, 11) is -4.44. The number of aryl methyl sites for hydroxylation is 1. The number of hydrogen-bond donors (Lipinski definition) is 0. The first-order chi connectivity index (χ1) is 15.1. The summed E-state index contributed by atoms with van der Waals surface area (Å²) in [5, 5.41) is 10.6. The Morgan fingerprint density at radius 2 is 2.06 bits per heavy atom. The summed E-state index contributed by atoms with van der Waals surface area (Å²) in [6.45, 7) is 8.74. The summed E-state index contributed by atoms with van der Waals surface area (Å²) in [6, 6.07) is 4.58. The first kappa shape index (κ1) is 23.7. The lowest BCUT2D eigenvalue weighted by atomic mass is 10.1. The van der Waals surface area contributed by atoms with E-state index in [4.69, 9.17) is 4.74 Å². The van der Waals surface area contributed by atoms with E-state index < -0.39 is 43.0 Å². The van der Waals surface area contributed by atoms with Crippen LogP contribution in [-0.4, -0.2) is 61.9 Å². The molecule has 0 amide bonds.